The zero-order valence-electron chi connectivity index (χ0n) is 9.20. The van der Waals surface area contributed by atoms with Crippen molar-refractivity contribution in [1.82, 2.24) is 15.3 Å². The van der Waals surface area contributed by atoms with Gasteiger partial charge in [0.25, 0.3) is 0 Å². The zero-order chi connectivity index (χ0) is 10.4. The summed E-state index contributed by atoms with van der Waals surface area (Å²) in [7, 11) is 0. The molecule has 1 rings (SSSR count). The normalized spacial score (nSPS) is 13.1. The first-order valence-electron chi connectivity index (χ1n) is 5.16. The van der Waals surface area contributed by atoms with Crippen LogP contribution in [-0.4, -0.2) is 16.0 Å². The fourth-order valence-electron chi connectivity index (χ4n) is 1.49. The summed E-state index contributed by atoms with van der Waals surface area (Å²) in [5.41, 5.74) is 1.05. The molecule has 0 aliphatic heterocycles. The molecular weight excluding hydrogens is 174 g/mol. The molecule has 0 fully saturated rings. The summed E-state index contributed by atoms with van der Waals surface area (Å²) < 4.78 is 0. The Bertz CT molecular complexity index is 246. The minimum absolute atomic E-state index is 0.546. The first-order chi connectivity index (χ1) is 6.68. The van der Waals surface area contributed by atoms with Gasteiger partial charge >= 0.3 is 0 Å². The van der Waals surface area contributed by atoms with E-state index in [4.69, 9.17) is 0 Å². The van der Waals surface area contributed by atoms with Crippen LogP contribution in [0.1, 0.15) is 32.9 Å². The van der Waals surface area contributed by atoms with Crippen LogP contribution in [0, 0.1) is 5.92 Å². The van der Waals surface area contributed by atoms with Crippen LogP contribution in [0.3, 0.4) is 0 Å². The number of aromatic nitrogens is 2. The number of rotatable bonds is 5. The van der Waals surface area contributed by atoms with Gasteiger partial charge in [0.2, 0.25) is 0 Å². The fraction of sp³-hybridized carbons (Fsp3) is 0.636. The molecule has 78 valence electrons. The first kappa shape index (κ1) is 11.1. The molecule has 0 bridgehead atoms. The number of nitrogens with zero attached hydrogens (tertiary/aromatic N) is 2. The molecule has 1 atom stereocenters. The maximum absolute atomic E-state index is 4.16. The van der Waals surface area contributed by atoms with E-state index in [0.29, 0.717) is 6.04 Å². The van der Waals surface area contributed by atoms with Gasteiger partial charge in [0.1, 0.15) is 6.33 Å². The van der Waals surface area contributed by atoms with Crippen molar-refractivity contribution in [2.75, 3.05) is 0 Å². The van der Waals surface area contributed by atoms with E-state index in [1.165, 1.54) is 6.42 Å². The Kier molecular flexibility index (Phi) is 4.53. The molecular formula is C11H19N3. The highest BCUT2D eigenvalue weighted by molar-refractivity contribution is 4.97. The van der Waals surface area contributed by atoms with E-state index in [-0.39, 0.29) is 0 Å². The average Bonchev–Trinajstić information content (AvgIpc) is 2.15. The van der Waals surface area contributed by atoms with E-state index in [1.807, 2.05) is 6.07 Å². The van der Waals surface area contributed by atoms with E-state index in [2.05, 4.69) is 36.1 Å². The molecule has 0 amide bonds. The number of hydrogen-bond donors (Lipinski definition) is 1. The Morgan fingerprint density at radius 3 is 2.71 bits per heavy atom. The number of hydrogen-bond acceptors (Lipinski definition) is 3. The molecule has 1 aromatic rings. The van der Waals surface area contributed by atoms with Crippen molar-refractivity contribution < 1.29 is 0 Å². The van der Waals surface area contributed by atoms with Crippen LogP contribution < -0.4 is 5.32 Å². The van der Waals surface area contributed by atoms with Gasteiger partial charge in [0.05, 0.1) is 5.69 Å². The average molecular weight is 193 g/mol. The van der Waals surface area contributed by atoms with Gasteiger partial charge in [-0.3, -0.25) is 0 Å². The molecule has 1 unspecified atom stereocenters. The van der Waals surface area contributed by atoms with Gasteiger partial charge in [-0.05, 0) is 25.3 Å². The van der Waals surface area contributed by atoms with Crippen molar-refractivity contribution >= 4 is 0 Å². The SMILES string of the molecule is CC(C)CC(C)NCc1ccncn1. The molecule has 0 radical (unpaired) electrons. The van der Waals surface area contributed by atoms with Crippen LogP contribution in [0.4, 0.5) is 0 Å². The van der Waals surface area contributed by atoms with Crippen LogP contribution in [-0.2, 0) is 6.54 Å². The summed E-state index contributed by atoms with van der Waals surface area (Å²) in [6.45, 7) is 7.52. The van der Waals surface area contributed by atoms with E-state index in [9.17, 15) is 0 Å². The molecule has 1 heterocycles. The molecule has 0 aromatic carbocycles. The molecule has 0 saturated heterocycles. The van der Waals surface area contributed by atoms with Gasteiger partial charge in [-0.15, -0.1) is 0 Å². The highest BCUT2D eigenvalue weighted by Crippen LogP contribution is 2.04. The third-order valence-corrected chi connectivity index (χ3v) is 2.10. The number of nitrogens with one attached hydrogen (secondary N) is 1. The lowest BCUT2D eigenvalue weighted by Crippen LogP contribution is -2.27. The quantitative estimate of drug-likeness (QED) is 0.777. The lowest BCUT2D eigenvalue weighted by Gasteiger charge is -2.15. The highest BCUT2D eigenvalue weighted by Gasteiger charge is 2.04. The summed E-state index contributed by atoms with van der Waals surface area (Å²) in [6, 6.07) is 2.49. The van der Waals surface area contributed by atoms with Gasteiger partial charge in [0, 0.05) is 18.8 Å². The van der Waals surface area contributed by atoms with Crippen LogP contribution in [0.5, 0.6) is 0 Å². The van der Waals surface area contributed by atoms with Crippen LogP contribution in [0.15, 0.2) is 18.6 Å². The molecule has 3 nitrogen and oxygen atoms in total. The molecule has 0 saturated carbocycles. The molecule has 14 heavy (non-hydrogen) atoms. The Balaban J connectivity index is 2.27. The van der Waals surface area contributed by atoms with Crippen LogP contribution >= 0.6 is 0 Å². The van der Waals surface area contributed by atoms with Crippen molar-refractivity contribution in [3.8, 4) is 0 Å². The van der Waals surface area contributed by atoms with Gasteiger partial charge in [-0.25, -0.2) is 9.97 Å². The second-order valence-corrected chi connectivity index (χ2v) is 4.11. The van der Waals surface area contributed by atoms with Gasteiger partial charge in [-0.2, -0.15) is 0 Å². The highest BCUT2D eigenvalue weighted by atomic mass is 14.9. The summed E-state index contributed by atoms with van der Waals surface area (Å²) in [5.74, 6) is 0.739. The van der Waals surface area contributed by atoms with Crippen molar-refractivity contribution in [2.45, 2.75) is 39.8 Å². The fourth-order valence-corrected chi connectivity index (χ4v) is 1.49. The van der Waals surface area contributed by atoms with Gasteiger partial charge in [-0.1, -0.05) is 13.8 Å². The van der Waals surface area contributed by atoms with E-state index < -0.39 is 0 Å². The minimum Gasteiger partial charge on any atom is -0.309 e. The predicted molar refractivity (Wildman–Crippen MR) is 57.8 cm³/mol. The topological polar surface area (TPSA) is 37.8 Å². The van der Waals surface area contributed by atoms with Crippen molar-refractivity contribution in [2.24, 2.45) is 5.92 Å². The molecule has 1 N–H and O–H groups in total. The second kappa shape index (κ2) is 5.70. The van der Waals surface area contributed by atoms with E-state index in [1.54, 1.807) is 12.5 Å². The lowest BCUT2D eigenvalue weighted by molar-refractivity contribution is 0.439. The van der Waals surface area contributed by atoms with Crippen LogP contribution in [0.25, 0.3) is 0 Å². The zero-order valence-corrected chi connectivity index (χ0v) is 9.20. The summed E-state index contributed by atoms with van der Waals surface area (Å²) in [4.78, 5) is 8.04. The molecule has 3 heteroatoms. The molecule has 1 aromatic heterocycles. The smallest absolute Gasteiger partial charge is 0.115 e. The third kappa shape index (κ3) is 4.33. The summed E-state index contributed by atoms with van der Waals surface area (Å²) in [6.07, 6.45) is 4.56. The summed E-state index contributed by atoms with van der Waals surface area (Å²) in [5, 5.41) is 3.44. The molecule has 0 aliphatic carbocycles. The van der Waals surface area contributed by atoms with Gasteiger partial charge < -0.3 is 5.32 Å². The van der Waals surface area contributed by atoms with Crippen molar-refractivity contribution in [1.29, 1.82) is 0 Å². The van der Waals surface area contributed by atoms with Crippen molar-refractivity contribution in [3.05, 3.63) is 24.3 Å². The molecule has 0 spiro atoms. The van der Waals surface area contributed by atoms with Crippen LogP contribution in [0.2, 0.25) is 0 Å². The monoisotopic (exact) mass is 193 g/mol. The maximum atomic E-state index is 4.16. The Hall–Kier alpha value is -0.960. The Morgan fingerprint density at radius 2 is 2.14 bits per heavy atom. The Morgan fingerprint density at radius 1 is 1.36 bits per heavy atom. The Labute approximate surface area is 86.0 Å². The van der Waals surface area contributed by atoms with Gasteiger partial charge in [0.15, 0.2) is 0 Å². The standard InChI is InChI=1S/C11H19N3/c1-9(2)6-10(3)13-7-11-4-5-12-8-14-11/h4-5,8-10,13H,6-7H2,1-3H3. The summed E-state index contributed by atoms with van der Waals surface area (Å²) >= 11 is 0. The largest absolute Gasteiger partial charge is 0.309 e. The first-order valence-corrected chi connectivity index (χ1v) is 5.16. The third-order valence-electron chi connectivity index (χ3n) is 2.10. The minimum atomic E-state index is 0.546. The second-order valence-electron chi connectivity index (χ2n) is 4.11. The molecule has 0 aliphatic rings. The lowest BCUT2D eigenvalue weighted by atomic mass is 10.1. The predicted octanol–water partition coefficient (Wildman–Crippen LogP) is 2.00. The van der Waals surface area contributed by atoms with E-state index in [0.717, 1.165) is 18.2 Å². The maximum Gasteiger partial charge on any atom is 0.115 e. The van der Waals surface area contributed by atoms with Crippen molar-refractivity contribution in [3.63, 3.8) is 0 Å². The van der Waals surface area contributed by atoms with E-state index >= 15 is 0 Å².